The van der Waals surface area contributed by atoms with E-state index in [1.807, 2.05) is 18.2 Å². The predicted octanol–water partition coefficient (Wildman–Crippen LogP) is 2.52. The second-order valence-corrected chi connectivity index (χ2v) is 4.23. The van der Waals surface area contributed by atoms with Gasteiger partial charge in [0.05, 0.1) is 16.8 Å². The number of nitrogen functional groups attached to an aromatic ring is 1. The monoisotopic (exact) mass is 226 g/mol. The molecule has 0 aliphatic heterocycles. The third-order valence-corrected chi connectivity index (χ3v) is 2.82. The Morgan fingerprint density at radius 1 is 1.41 bits per heavy atom. The van der Waals surface area contributed by atoms with Crippen molar-refractivity contribution < 1.29 is 0 Å². The highest BCUT2D eigenvalue weighted by Crippen LogP contribution is 2.27. The van der Waals surface area contributed by atoms with Gasteiger partial charge in [0.25, 0.3) is 0 Å². The van der Waals surface area contributed by atoms with Crippen molar-refractivity contribution in [3.8, 4) is 6.07 Å². The summed E-state index contributed by atoms with van der Waals surface area (Å²) in [5.74, 6) is 5.92. The van der Waals surface area contributed by atoms with E-state index >= 15 is 0 Å². The average Bonchev–Trinajstić information content (AvgIpc) is 2.36. The Balaban J connectivity index is 2.77. The van der Waals surface area contributed by atoms with Crippen LogP contribution in [0.1, 0.15) is 30.9 Å². The van der Waals surface area contributed by atoms with Crippen LogP contribution in [0.15, 0.2) is 24.4 Å². The molecule has 1 aromatic heterocycles. The molecule has 0 radical (unpaired) electrons. The van der Waals surface area contributed by atoms with Crippen molar-refractivity contribution in [3.05, 3.63) is 35.5 Å². The van der Waals surface area contributed by atoms with E-state index in [-0.39, 0.29) is 0 Å². The van der Waals surface area contributed by atoms with Crippen molar-refractivity contribution in [3.63, 3.8) is 0 Å². The first-order valence-corrected chi connectivity index (χ1v) is 5.46. The van der Waals surface area contributed by atoms with Gasteiger partial charge in [0, 0.05) is 11.6 Å². The Bertz CT molecular complexity index is 596. The highest BCUT2D eigenvalue weighted by molar-refractivity contribution is 5.94. The molecule has 0 spiro atoms. The van der Waals surface area contributed by atoms with Gasteiger partial charge in [-0.3, -0.25) is 10.8 Å². The zero-order valence-corrected chi connectivity index (χ0v) is 9.86. The van der Waals surface area contributed by atoms with Crippen LogP contribution in [-0.2, 0) is 0 Å². The fourth-order valence-electron chi connectivity index (χ4n) is 1.81. The second-order valence-electron chi connectivity index (χ2n) is 4.23. The quantitative estimate of drug-likeness (QED) is 0.609. The molecule has 0 fully saturated rings. The van der Waals surface area contributed by atoms with Gasteiger partial charge >= 0.3 is 0 Å². The first kappa shape index (κ1) is 11.4. The molecule has 4 heteroatoms. The maximum absolute atomic E-state index is 9.00. The zero-order chi connectivity index (χ0) is 12.4. The molecule has 0 saturated heterocycles. The number of hydrazine groups is 1. The summed E-state index contributed by atoms with van der Waals surface area (Å²) < 4.78 is 0. The molecule has 0 amide bonds. The standard InChI is InChI=1S/C13H14N4/c1-8(2)9-3-4-12-11(5-9)13(17-15)10(6-14)7-16-12/h3-5,7-8H,15H2,1-2H3,(H,16,17). The number of aromatic nitrogens is 1. The molecule has 86 valence electrons. The van der Waals surface area contributed by atoms with Crippen LogP contribution >= 0.6 is 0 Å². The van der Waals surface area contributed by atoms with Crippen LogP contribution in [0.4, 0.5) is 5.69 Å². The lowest BCUT2D eigenvalue weighted by atomic mass is 10.00. The number of benzene rings is 1. The second kappa shape index (κ2) is 4.40. The van der Waals surface area contributed by atoms with Crippen molar-refractivity contribution >= 4 is 16.6 Å². The first-order chi connectivity index (χ1) is 8.17. The van der Waals surface area contributed by atoms with Gasteiger partial charge in [0.2, 0.25) is 0 Å². The summed E-state index contributed by atoms with van der Waals surface area (Å²) in [5.41, 5.74) is 5.73. The number of anilines is 1. The number of rotatable bonds is 2. The minimum absolute atomic E-state index is 0.427. The Morgan fingerprint density at radius 3 is 2.76 bits per heavy atom. The van der Waals surface area contributed by atoms with E-state index in [0.717, 1.165) is 10.9 Å². The maximum Gasteiger partial charge on any atom is 0.103 e. The van der Waals surface area contributed by atoms with Gasteiger partial charge in [-0.15, -0.1) is 0 Å². The Morgan fingerprint density at radius 2 is 2.18 bits per heavy atom. The third-order valence-electron chi connectivity index (χ3n) is 2.82. The van der Waals surface area contributed by atoms with Crippen LogP contribution in [0.3, 0.4) is 0 Å². The molecular weight excluding hydrogens is 212 g/mol. The molecule has 1 aromatic carbocycles. The molecule has 0 bridgehead atoms. The molecule has 4 nitrogen and oxygen atoms in total. The number of pyridine rings is 1. The highest BCUT2D eigenvalue weighted by Gasteiger charge is 2.09. The lowest BCUT2D eigenvalue weighted by molar-refractivity contribution is 0.868. The Kier molecular flexibility index (Phi) is 2.94. The van der Waals surface area contributed by atoms with E-state index in [1.165, 1.54) is 11.8 Å². The van der Waals surface area contributed by atoms with Crippen molar-refractivity contribution in [2.75, 3.05) is 5.43 Å². The summed E-state index contributed by atoms with van der Waals surface area (Å²) in [6.07, 6.45) is 1.53. The maximum atomic E-state index is 9.00. The Hall–Kier alpha value is -2.12. The van der Waals surface area contributed by atoms with E-state index < -0.39 is 0 Å². The molecule has 0 aliphatic carbocycles. The van der Waals surface area contributed by atoms with Gasteiger partial charge in [-0.2, -0.15) is 5.26 Å². The minimum atomic E-state index is 0.427. The van der Waals surface area contributed by atoms with Crippen molar-refractivity contribution in [1.29, 1.82) is 5.26 Å². The van der Waals surface area contributed by atoms with Crippen LogP contribution in [0.25, 0.3) is 10.9 Å². The first-order valence-electron chi connectivity index (χ1n) is 5.46. The summed E-state index contributed by atoms with van der Waals surface area (Å²) in [6, 6.07) is 8.11. The van der Waals surface area contributed by atoms with Gasteiger partial charge in [-0.1, -0.05) is 19.9 Å². The van der Waals surface area contributed by atoms with E-state index in [0.29, 0.717) is 17.2 Å². The number of hydrogen-bond acceptors (Lipinski definition) is 4. The molecule has 2 rings (SSSR count). The van der Waals surface area contributed by atoms with Crippen molar-refractivity contribution in [2.45, 2.75) is 19.8 Å². The summed E-state index contributed by atoms with van der Waals surface area (Å²) >= 11 is 0. The van der Waals surface area contributed by atoms with Crippen molar-refractivity contribution in [1.82, 2.24) is 4.98 Å². The summed E-state index contributed by atoms with van der Waals surface area (Å²) in [7, 11) is 0. The molecule has 0 aliphatic rings. The zero-order valence-electron chi connectivity index (χ0n) is 9.86. The lowest BCUT2D eigenvalue weighted by Crippen LogP contribution is -2.09. The van der Waals surface area contributed by atoms with E-state index in [9.17, 15) is 0 Å². The van der Waals surface area contributed by atoms with Crippen molar-refractivity contribution in [2.24, 2.45) is 5.84 Å². The summed E-state index contributed by atoms with van der Waals surface area (Å²) in [5, 5.41) is 9.89. The Labute approximate surface area is 100 Å². The number of nitrogens with one attached hydrogen (secondary N) is 1. The smallest absolute Gasteiger partial charge is 0.103 e. The number of nitrogens with two attached hydrogens (primary N) is 1. The molecule has 1 heterocycles. The molecule has 0 atom stereocenters. The van der Waals surface area contributed by atoms with Gasteiger partial charge in [-0.25, -0.2) is 0 Å². The average molecular weight is 226 g/mol. The molecule has 0 unspecified atom stereocenters. The number of nitrogens with zero attached hydrogens (tertiary/aromatic N) is 2. The third kappa shape index (κ3) is 1.93. The van der Waals surface area contributed by atoms with Crippen LogP contribution in [0, 0.1) is 11.3 Å². The van der Waals surface area contributed by atoms with Crippen LogP contribution < -0.4 is 11.3 Å². The fraction of sp³-hybridized carbons (Fsp3) is 0.231. The molecule has 0 saturated carbocycles. The normalized spacial score (nSPS) is 10.5. The van der Waals surface area contributed by atoms with E-state index in [2.05, 4.69) is 30.3 Å². The number of nitriles is 1. The van der Waals surface area contributed by atoms with E-state index in [1.54, 1.807) is 0 Å². The largest absolute Gasteiger partial charge is 0.322 e. The van der Waals surface area contributed by atoms with Crippen LogP contribution in [-0.4, -0.2) is 4.98 Å². The van der Waals surface area contributed by atoms with Crippen LogP contribution in [0.2, 0.25) is 0 Å². The predicted molar refractivity (Wildman–Crippen MR) is 68.4 cm³/mol. The van der Waals surface area contributed by atoms with Crippen LogP contribution in [0.5, 0.6) is 0 Å². The lowest BCUT2D eigenvalue weighted by Gasteiger charge is -2.10. The highest BCUT2D eigenvalue weighted by atomic mass is 15.2. The van der Waals surface area contributed by atoms with E-state index in [4.69, 9.17) is 11.1 Å². The molecule has 17 heavy (non-hydrogen) atoms. The fourth-order valence-corrected chi connectivity index (χ4v) is 1.81. The van der Waals surface area contributed by atoms with Gasteiger partial charge < -0.3 is 5.43 Å². The summed E-state index contributed by atoms with van der Waals surface area (Å²) in [6.45, 7) is 4.25. The molecule has 2 aromatic rings. The SMILES string of the molecule is CC(C)c1ccc2ncc(C#N)c(NN)c2c1. The van der Waals surface area contributed by atoms with Gasteiger partial charge in [-0.05, 0) is 23.6 Å². The van der Waals surface area contributed by atoms with Gasteiger partial charge in [0.1, 0.15) is 6.07 Å². The number of hydrogen-bond donors (Lipinski definition) is 2. The minimum Gasteiger partial charge on any atom is -0.322 e. The number of fused-ring (bicyclic) bond motifs is 1. The summed E-state index contributed by atoms with van der Waals surface area (Å²) in [4.78, 5) is 4.24. The molecular formula is C13H14N4. The van der Waals surface area contributed by atoms with Gasteiger partial charge in [0.15, 0.2) is 0 Å². The molecule has 3 N–H and O–H groups in total. The topological polar surface area (TPSA) is 74.7 Å².